The van der Waals surface area contributed by atoms with Crippen LogP contribution in [0.25, 0.3) is 0 Å². The largest absolute Gasteiger partial charge is 0.294 e. The Balaban J connectivity index is 3.00. The van der Waals surface area contributed by atoms with Crippen LogP contribution in [0, 0.1) is 0 Å². The lowest BCUT2D eigenvalue weighted by molar-refractivity contribution is 0.444. The molecule has 0 bridgehead atoms. The van der Waals surface area contributed by atoms with Crippen molar-refractivity contribution >= 4 is 11.1 Å². The van der Waals surface area contributed by atoms with Gasteiger partial charge in [0.1, 0.15) is 0 Å². The van der Waals surface area contributed by atoms with Crippen LogP contribution in [0.3, 0.4) is 0 Å². The van der Waals surface area contributed by atoms with Crippen molar-refractivity contribution < 1.29 is 8.39 Å². The van der Waals surface area contributed by atoms with E-state index < -0.39 is 11.1 Å². The Morgan fingerprint density at radius 3 is 2.58 bits per heavy atom. The van der Waals surface area contributed by atoms with Crippen molar-refractivity contribution in [3.05, 3.63) is 12.7 Å². The van der Waals surface area contributed by atoms with E-state index in [2.05, 4.69) is 10.8 Å². The van der Waals surface area contributed by atoms with Gasteiger partial charge in [-0.3, -0.25) is 4.18 Å². The molecule has 0 spiro atoms. The molecule has 3 heteroatoms. The standard InChI is InChI=1S/C9H18O2S/c1-3-4-5-6-7-8-9-12(10)11-2/h3H,1,4-9H2,2H3. The fourth-order valence-electron chi connectivity index (χ4n) is 0.945. The zero-order valence-corrected chi connectivity index (χ0v) is 8.57. The van der Waals surface area contributed by atoms with Crippen molar-refractivity contribution in [1.29, 1.82) is 0 Å². The summed E-state index contributed by atoms with van der Waals surface area (Å²) in [5.41, 5.74) is 0. The average Bonchev–Trinajstić information content (AvgIpc) is 2.10. The van der Waals surface area contributed by atoms with Crippen LogP contribution in [0.2, 0.25) is 0 Å². The van der Waals surface area contributed by atoms with Gasteiger partial charge in [0.15, 0.2) is 11.1 Å². The fraction of sp³-hybridized carbons (Fsp3) is 0.778. The molecular formula is C9H18O2S. The second-order valence-corrected chi connectivity index (χ2v) is 4.02. The third-order valence-corrected chi connectivity index (χ3v) is 2.65. The van der Waals surface area contributed by atoms with Gasteiger partial charge in [0.05, 0.1) is 7.11 Å². The smallest absolute Gasteiger partial charge is 0.155 e. The van der Waals surface area contributed by atoms with Crippen molar-refractivity contribution in [2.75, 3.05) is 12.9 Å². The summed E-state index contributed by atoms with van der Waals surface area (Å²) in [7, 11) is 1.48. The Kier molecular flexibility index (Phi) is 8.83. The second-order valence-electron chi connectivity index (χ2n) is 2.67. The summed E-state index contributed by atoms with van der Waals surface area (Å²) in [4.78, 5) is 0. The average molecular weight is 190 g/mol. The maximum absolute atomic E-state index is 10.8. The van der Waals surface area contributed by atoms with Crippen LogP contribution in [0.15, 0.2) is 12.7 Å². The van der Waals surface area contributed by atoms with E-state index in [9.17, 15) is 4.21 Å². The van der Waals surface area contributed by atoms with Gasteiger partial charge >= 0.3 is 0 Å². The number of hydrogen-bond acceptors (Lipinski definition) is 2. The van der Waals surface area contributed by atoms with E-state index in [0.29, 0.717) is 5.75 Å². The molecule has 12 heavy (non-hydrogen) atoms. The van der Waals surface area contributed by atoms with E-state index in [0.717, 1.165) is 19.3 Å². The monoisotopic (exact) mass is 190 g/mol. The SMILES string of the molecule is C=CCCCCCCS(=O)OC. The normalized spacial score (nSPS) is 12.8. The molecule has 72 valence electrons. The van der Waals surface area contributed by atoms with E-state index in [1.807, 2.05) is 6.08 Å². The van der Waals surface area contributed by atoms with E-state index in [4.69, 9.17) is 0 Å². The summed E-state index contributed by atoms with van der Waals surface area (Å²) in [6.07, 6.45) is 7.57. The van der Waals surface area contributed by atoms with Gasteiger partial charge in [-0.1, -0.05) is 18.9 Å². The molecule has 0 aliphatic carbocycles. The summed E-state index contributed by atoms with van der Waals surface area (Å²) in [5, 5.41) is 0. The summed E-state index contributed by atoms with van der Waals surface area (Å²) >= 11 is -1.05. The van der Waals surface area contributed by atoms with Gasteiger partial charge in [-0.15, -0.1) is 6.58 Å². The van der Waals surface area contributed by atoms with Crippen molar-refractivity contribution in [3.63, 3.8) is 0 Å². The van der Waals surface area contributed by atoms with Crippen LogP contribution in [0.4, 0.5) is 0 Å². The first-order chi connectivity index (χ1) is 5.81. The zero-order valence-electron chi connectivity index (χ0n) is 7.75. The predicted octanol–water partition coefficient (Wildman–Crippen LogP) is 2.43. The number of allylic oxidation sites excluding steroid dienone is 1. The van der Waals surface area contributed by atoms with Gasteiger partial charge in [0.2, 0.25) is 0 Å². The first kappa shape index (κ1) is 11.8. The minimum Gasteiger partial charge on any atom is -0.294 e. The highest BCUT2D eigenvalue weighted by Crippen LogP contribution is 2.03. The molecular weight excluding hydrogens is 172 g/mol. The molecule has 0 saturated carbocycles. The summed E-state index contributed by atoms with van der Waals surface area (Å²) in [6, 6.07) is 0. The van der Waals surface area contributed by atoms with Crippen molar-refractivity contribution in [1.82, 2.24) is 0 Å². The predicted molar refractivity (Wildman–Crippen MR) is 53.3 cm³/mol. The summed E-state index contributed by atoms with van der Waals surface area (Å²) in [6.45, 7) is 3.65. The van der Waals surface area contributed by atoms with Crippen LogP contribution >= 0.6 is 0 Å². The molecule has 0 aromatic carbocycles. The quantitative estimate of drug-likeness (QED) is 0.434. The van der Waals surface area contributed by atoms with E-state index in [-0.39, 0.29) is 0 Å². The molecule has 0 aromatic heterocycles. The van der Waals surface area contributed by atoms with E-state index in [1.54, 1.807) is 0 Å². The minimum absolute atomic E-state index is 0.671. The molecule has 0 N–H and O–H groups in total. The Morgan fingerprint density at radius 1 is 1.33 bits per heavy atom. The zero-order chi connectivity index (χ0) is 9.23. The van der Waals surface area contributed by atoms with Crippen LogP contribution < -0.4 is 0 Å². The summed E-state index contributed by atoms with van der Waals surface area (Å²) in [5.74, 6) is 0.671. The van der Waals surface area contributed by atoms with Crippen molar-refractivity contribution in [3.8, 4) is 0 Å². The molecule has 0 aromatic rings. The van der Waals surface area contributed by atoms with Gasteiger partial charge in [-0.05, 0) is 19.3 Å². The van der Waals surface area contributed by atoms with Crippen LogP contribution in [-0.2, 0) is 15.3 Å². The van der Waals surface area contributed by atoms with Gasteiger partial charge in [0.25, 0.3) is 0 Å². The lowest BCUT2D eigenvalue weighted by atomic mass is 10.2. The first-order valence-corrected chi connectivity index (χ1v) is 5.59. The highest BCUT2D eigenvalue weighted by atomic mass is 32.2. The maximum Gasteiger partial charge on any atom is 0.155 e. The van der Waals surface area contributed by atoms with Gasteiger partial charge in [-0.2, -0.15) is 0 Å². The molecule has 0 saturated heterocycles. The van der Waals surface area contributed by atoms with Crippen LogP contribution in [0.1, 0.15) is 32.1 Å². The highest BCUT2D eigenvalue weighted by molar-refractivity contribution is 7.80. The van der Waals surface area contributed by atoms with Gasteiger partial charge in [-0.25, -0.2) is 4.21 Å². The lowest BCUT2D eigenvalue weighted by Gasteiger charge is -1.98. The molecule has 1 atom stereocenters. The molecule has 0 heterocycles. The van der Waals surface area contributed by atoms with Crippen molar-refractivity contribution in [2.24, 2.45) is 0 Å². The Morgan fingerprint density at radius 2 is 2.00 bits per heavy atom. The molecule has 0 rings (SSSR count). The van der Waals surface area contributed by atoms with E-state index >= 15 is 0 Å². The third-order valence-electron chi connectivity index (χ3n) is 1.66. The maximum atomic E-state index is 10.8. The van der Waals surface area contributed by atoms with Crippen LogP contribution in [-0.4, -0.2) is 17.1 Å². The number of hydrogen-bond donors (Lipinski definition) is 0. The fourth-order valence-corrected chi connectivity index (χ4v) is 1.55. The number of rotatable bonds is 8. The number of unbranched alkanes of at least 4 members (excludes halogenated alkanes) is 4. The topological polar surface area (TPSA) is 26.3 Å². The Bertz CT molecular complexity index is 134. The molecule has 0 radical (unpaired) electrons. The van der Waals surface area contributed by atoms with Crippen molar-refractivity contribution in [2.45, 2.75) is 32.1 Å². The Hall–Kier alpha value is -0.150. The highest BCUT2D eigenvalue weighted by Gasteiger charge is 1.95. The first-order valence-electron chi connectivity index (χ1n) is 4.35. The van der Waals surface area contributed by atoms with E-state index in [1.165, 1.54) is 20.0 Å². The van der Waals surface area contributed by atoms with Gasteiger partial charge in [0, 0.05) is 5.75 Å². The molecule has 0 fully saturated rings. The third kappa shape index (κ3) is 7.95. The minimum atomic E-state index is -1.05. The molecule has 0 amide bonds. The molecule has 0 aliphatic rings. The molecule has 2 nitrogen and oxygen atoms in total. The summed E-state index contributed by atoms with van der Waals surface area (Å²) < 4.78 is 15.4. The lowest BCUT2D eigenvalue weighted by Crippen LogP contribution is -1.98. The van der Waals surface area contributed by atoms with Crippen LogP contribution in [0.5, 0.6) is 0 Å². The second kappa shape index (κ2) is 8.94. The Labute approximate surface area is 77.7 Å². The molecule has 0 aliphatic heterocycles. The van der Waals surface area contributed by atoms with Gasteiger partial charge < -0.3 is 0 Å². The molecule has 1 unspecified atom stereocenters.